The van der Waals surface area contributed by atoms with Gasteiger partial charge in [-0.05, 0) is 68.1 Å². The van der Waals surface area contributed by atoms with Crippen LogP contribution in [-0.2, 0) is 6.54 Å². The Bertz CT molecular complexity index is 1500. The minimum atomic E-state index is -0.449. The second kappa shape index (κ2) is 13.1. The van der Waals surface area contributed by atoms with Crippen molar-refractivity contribution < 1.29 is 4.79 Å². The Hall–Kier alpha value is -3.74. The van der Waals surface area contributed by atoms with Gasteiger partial charge in [0.25, 0.3) is 11.5 Å². The van der Waals surface area contributed by atoms with Gasteiger partial charge in [0.15, 0.2) is 0 Å². The predicted molar refractivity (Wildman–Crippen MR) is 163 cm³/mol. The quantitative estimate of drug-likeness (QED) is 0.244. The molecule has 0 spiro atoms. The van der Waals surface area contributed by atoms with Gasteiger partial charge in [0.1, 0.15) is 5.82 Å². The SMILES string of the molecule is Cc1ccc(C(=O)N(CCCN)C(c2nc(C)c(-c3ccc(Cl)cc3)c(=O)n2Cc2ccccc2)C(C)C)cc1. The van der Waals surface area contributed by atoms with Crippen molar-refractivity contribution in [2.24, 2.45) is 11.7 Å². The van der Waals surface area contributed by atoms with Crippen LogP contribution in [0.5, 0.6) is 0 Å². The first-order valence-electron chi connectivity index (χ1n) is 13.7. The summed E-state index contributed by atoms with van der Waals surface area (Å²) in [5.74, 6) is 0.436. The maximum atomic E-state index is 14.3. The smallest absolute Gasteiger partial charge is 0.262 e. The summed E-state index contributed by atoms with van der Waals surface area (Å²) in [5.41, 5.74) is 10.3. The maximum absolute atomic E-state index is 14.3. The van der Waals surface area contributed by atoms with Gasteiger partial charge in [-0.1, -0.05) is 85.6 Å². The molecule has 1 amide bonds. The van der Waals surface area contributed by atoms with E-state index in [9.17, 15) is 9.59 Å². The molecule has 1 atom stereocenters. The third kappa shape index (κ3) is 6.52. The van der Waals surface area contributed by atoms with E-state index in [-0.39, 0.29) is 17.4 Å². The number of nitrogens with zero attached hydrogens (tertiary/aromatic N) is 3. The van der Waals surface area contributed by atoms with Crippen LogP contribution in [0.3, 0.4) is 0 Å². The third-order valence-electron chi connectivity index (χ3n) is 7.09. The molecule has 40 heavy (non-hydrogen) atoms. The standard InChI is InChI=1S/C33H37ClN4O2/c1-22(2)30(37(20-8-19-35)32(39)27-13-11-23(3)12-14-27)31-36-24(4)29(26-15-17-28(34)18-16-26)33(40)38(31)21-25-9-6-5-7-10-25/h5-7,9-18,22,30H,8,19-21,35H2,1-4H3. The molecule has 0 saturated carbocycles. The predicted octanol–water partition coefficient (Wildman–Crippen LogP) is 6.42. The lowest BCUT2D eigenvalue weighted by molar-refractivity contribution is 0.0602. The summed E-state index contributed by atoms with van der Waals surface area (Å²) in [7, 11) is 0. The van der Waals surface area contributed by atoms with E-state index < -0.39 is 6.04 Å². The number of amides is 1. The fraction of sp³-hybridized carbons (Fsp3) is 0.303. The molecule has 0 saturated heterocycles. The molecule has 0 aliphatic carbocycles. The van der Waals surface area contributed by atoms with E-state index in [0.717, 1.165) is 16.7 Å². The molecule has 0 aliphatic heterocycles. The number of carbonyl (C=O) groups excluding carboxylic acids is 1. The average Bonchev–Trinajstić information content (AvgIpc) is 2.94. The van der Waals surface area contributed by atoms with Gasteiger partial charge >= 0.3 is 0 Å². The topological polar surface area (TPSA) is 81.2 Å². The van der Waals surface area contributed by atoms with E-state index in [0.29, 0.717) is 53.7 Å². The largest absolute Gasteiger partial charge is 0.330 e. The zero-order valence-corrected chi connectivity index (χ0v) is 24.4. The summed E-state index contributed by atoms with van der Waals surface area (Å²) in [6.45, 7) is 9.19. The number of rotatable bonds is 10. The van der Waals surface area contributed by atoms with Gasteiger partial charge in [0, 0.05) is 17.1 Å². The molecule has 2 N–H and O–H groups in total. The van der Waals surface area contributed by atoms with Crippen molar-refractivity contribution in [2.75, 3.05) is 13.1 Å². The second-order valence-corrected chi connectivity index (χ2v) is 10.9. The molecule has 1 heterocycles. The van der Waals surface area contributed by atoms with Crippen molar-refractivity contribution in [1.82, 2.24) is 14.5 Å². The van der Waals surface area contributed by atoms with Crippen LogP contribution >= 0.6 is 11.6 Å². The number of aromatic nitrogens is 2. The van der Waals surface area contributed by atoms with Gasteiger partial charge in [-0.25, -0.2) is 4.98 Å². The molecule has 0 fully saturated rings. The van der Waals surface area contributed by atoms with Gasteiger partial charge in [-0.3, -0.25) is 14.2 Å². The monoisotopic (exact) mass is 556 g/mol. The molecule has 1 unspecified atom stereocenters. The van der Waals surface area contributed by atoms with Crippen LogP contribution in [0, 0.1) is 19.8 Å². The lowest BCUT2D eigenvalue weighted by Crippen LogP contribution is -2.42. The highest BCUT2D eigenvalue weighted by molar-refractivity contribution is 6.30. The van der Waals surface area contributed by atoms with E-state index in [2.05, 4.69) is 13.8 Å². The lowest BCUT2D eigenvalue weighted by atomic mass is 9.98. The van der Waals surface area contributed by atoms with E-state index in [4.69, 9.17) is 22.3 Å². The Morgan fingerprint density at radius 1 is 0.975 bits per heavy atom. The number of carbonyl (C=O) groups is 1. The molecule has 3 aromatic carbocycles. The molecule has 7 heteroatoms. The molecule has 4 rings (SSSR count). The normalized spacial score (nSPS) is 12.0. The third-order valence-corrected chi connectivity index (χ3v) is 7.34. The highest BCUT2D eigenvalue weighted by Crippen LogP contribution is 2.31. The molecule has 0 bridgehead atoms. The summed E-state index contributed by atoms with van der Waals surface area (Å²) in [6.07, 6.45) is 0.631. The summed E-state index contributed by atoms with van der Waals surface area (Å²) < 4.78 is 1.73. The highest BCUT2D eigenvalue weighted by atomic mass is 35.5. The zero-order valence-electron chi connectivity index (χ0n) is 23.6. The number of hydrogen-bond acceptors (Lipinski definition) is 4. The first kappa shape index (κ1) is 29.2. The molecule has 6 nitrogen and oxygen atoms in total. The van der Waals surface area contributed by atoms with Gasteiger partial charge in [-0.2, -0.15) is 0 Å². The second-order valence-electron chi connectivity index (χ2n) is 10.5. The van der Waals surface area contributed by atoms with Crippen molar-refractivity contribution in [3.8, 4) is 11.1 Å². The van der Waals surface area contributed by atoms with Crippen LogP contribution in [0.15, 0.2) is 83.7 Å². The molecular formula is C33H37ClN4O2. The fourth-order valence-corrected chi connectivity index (χ4v) is 5.19. The maximum Gasteiger partial charge on any atom is 0.262 e. The Morgan fingerprint density at radius 2 is 1.62 bits per heavy atom. The molecule has 4 aromatic rings. The van der Waals surface area contributed by atoms with Crippen LogP contribution in [0.2, 0.25) is 5.02 Å². The first-order chi connectivity index (χ1) is 19.2. The Kier molecular flexibility index (Phi) is 9.56. The Morgan fingerprint density at radius 3 is 2.23 bits per heavy atom. The summed E-state index contributed by atoms with van der Waals surface area (Å²) in [5, 5.41) is 0.598. The summed E-state index contributed by atoms with van der Waals surface area (Å²) in [6, 6.07) is 24.2. The van der Waals surface area contributed by atoms with Gasteiger partial charge < -0.3 is 10.6 Å². The van der Waals surface area contributed by atoms with Crippen molar-refractivity contribution in [2.45, 2.75) is 46.7 Å². The Balaban J connectivity index is 1.93. The minimum Gasteiger partial charge on any atom is -0.330 e. The van der Waals surface area contributed by atoms with Crippen molar-refractivity contribution in [3.05, 3.63) is 122 Å². The Labute approximate surface area is 241 Å². The van der Waals surface area contributed by atoms with Gasteiger partial charge in [0.2, 0.25) is 0 Å². The van der Waals surface area contributed by atoms with Gasteiger partial charge in [0.05, 0.1) is 23.8 Å². The number of benzene rings is 3. The number of hydrogen-bond donors (Lipinski definition) is 1. The minimum absolute atomic E-state index is 0.0260. The van der Waals surface area contributed by atoms with E-state index in [1.54, 1.807) is 16.7 Å². The first-order valence-corrected chi connectivity index (χ1v) is 14.1. The van der Waals surface area contributed by atoms with Gasteiger partial charge in [-0.15, -0.1) is 0 Å². The van der Waals surface area contributed by atoms with Crippen LogP contribution in [0.1, 0.15) is 59.3 Å². The molecule has 0 radical (unpaired) electrons. The number of nitrogens with two attached hydrogens (primary N) is 1. The lowest BCUT2D eigenvalue weighted by Gasteiger charge is -2.36. The molecule has 208 valence electrons. The van der Waals surface area contributed by atoms with E-state index in [1.807, 2.05) is 85.5 Å². The van der Waals surface area contributed by atoms with E-state index >= 15 is 0 Å². The van der Waals surface area contributed by atoms with Crippen LogP contribution in [0.4, 0.5) is 0 Å². The van der Waals surface area contributed by atoms with Crippen LogP contribution < -0.4 is 11.3 Å². The zero-order chi connectivity index (χ0) is 28.8. The van der Waals surface area contributed by atoms with E-state index in [1.165, 1.54) is 0 Å². The summed E-state index contributed by atoms with van der Waals surface area (Å²) >= 11 is 6.14. The van der Waals surface area contributed by atoms with Crippen molar-refractivity contribution in [3.63, 3.8) is 0 Å². The highest BCUT2D eigenvalue weighted by Gasteiger charge is 2.33. The molecule has 1 aromatic heterocycles. The van der Waals surface area contributed by atoms with Crippen LogP contribution in [-0.4, -0.2) is 33.4 Å². The van der Waals surface area contributed by atoms with Crippen molar-refractivity contribution >= 4 is 17.5 Å². The average molecular weight is 557 g/mol. The summed E-state index contributed by atoms with van der Waals surface area (Å²) in [4.78, 5) is 35.2. The molecule has 0 aliphatic rings. The fourth-order valence-electron chi connectivity index (χ4n) is 5.06. The van der Waals surface area contributed by atoms with Crippen LogP contribution in [0.25, 0.3) is 11.1 Å². The number of halogens is 1. The van der Waals surface area contributed by atoms with Crippen molar-refractivity contribution in [1.29, 1.82) is 0 Å². The molecular weight excluding hydrogens is 520 g/mol. The number of aryl methyl sites for hydroxylation is 2.